The fourth-order valence-electron chi connectivity index (χ4n) is 4.98. The highest BCUT2D eigenvalue weighted by atomic mass is 19.1. The predicted molar refractivity (Wildman–Crippen MR) is 93.4 cm³/mol. The van der Waals surface area contributed by atoms with Gasteiger partial charge >= 0.3 is 5.97 Å². The predicted octanol–water partition coefficient (Wildman–Crippen LogP) is 3.13. The van der Waals surface area contributed by atoms with Crippen LogP contribution in [0.5, 0.6) is 0 Å². The topological polar surface area (TPSA) is 52.6 Å². The van der Waals surface area contributed by atoms with Crippen LogP contribution in [0.25, 0.3) is 0 Å². The molecule has 4 nitrogen and oxygen atoms in total. The monoisotopic (exact) mass is 360 g/mol. The molecule has 1 unspecified atom stereocenters. The fourth-order valence-corrected chi connectivity index (χ4v) is 4.98. The van der Waals surface area contributed by atoms with Crippen LogP contribution in [0.15, 0.2) is 12.1 Å². The molecular weight excluding hydrogens is 335 g/mol. The fraction of sp³-hybridized carbons (Fsp3) is 0.619. The maximum absolute atomic E-state index is 14.7. The second-order valence-electron chi connectivity index (χ2n) is 7.85. The van der Waals surface area contributed by atoms with Crippen LogP contribution in [-0.4, -0.2) is 32.1 Å². The average Bonchev–Trinajstić information content (AvgIpc) is 3.47. The summed E-state index contributed by atoms with van der Waals surface area (Å²) >= 11 is 0. The van der Waals surface area contributed by atoms with Crippen molar-refractivity contribution in [1.82, 2.24) is 0 Å². The number of benzene rings is 1. The highest BCUT2D eigenvalue weighted by molar-refractivity contribution is 5.96. The van der Waals surface area contributed by atoms with Gasteiger partial charge < -0.3 is 9.47 Å². The molecule has 1 heterocycles. The minimum absolute atomic E-state index is 0.0285. The van der Waals surface area contributed by atoms with Gasteiger partial charge in [-0.05, 0) is 67.2 Å². The first-order valence-electron chi connectivity index (χ1n) is 9.56. The zero-order valence-corrected chi connectivity index (χ0v) is 15.2. The number of ketones is 1. The first-order chi connectivity index (χ1) is 12.6. The Morgan fingerprint density at radius 1 is 1.27 bits per heavy atom. The molecule has 2 aliphatic carbocycles. The molecule has 3 aliphatic rings. The third-order valence-electron chi connectivity index (χ3n) is 6.48. The van der Waals surface area contributed by atoms with Crippen LogP contribution in [0, 0.1) is 17.7 Å². The summed E-state index contributed by atoms with van der Waals surface area (Å²) in [7, 11) is 1.35. The number of Topliss-reactive ketones (excluding diaryl/α,β-unsaturated/α-hetero) is 1. The Morgan fingerprint density at radius 3 is 2.65 bits per heavy atom. The molecule has 5 heteroatoms. The Bertz CT molecular complexity index is 732. The molecule has 1 aliphatic heterocycles. The summed E-state index contributed by atoms with van der Waals surface area (Å²) in [5.41, 5.74) is 1.61. The molecule has 1 atom stereocenters. The molecule has 2 fully saturated rings. The molecule has 0 amide bonds. The van der Waals surface area contributed by atoms with Crippen LogP contribution in [0.4, 0.5) is 4.39 Å². The number of esters is 1. The third-order valence-corrected chi connectivity index (χ3v) is 6.48. The van der Waals surface area contributed by atoms with E-state index >= 15 is 0 Å². The first kappa shape index (κ1) is 17.7. The molecule has 1 saturated heterocycles. The van der Waals surface area contributed by atoms with Gasteiger partial charge in [0.05, 0.1) is 18.9 Å². The summed E-state index contributed by atoms with van der Waals surface area (Å²) < 4.78 is 24.9. The number of hydrogen-bond donors (Lipinski definition) is 0. The minimum atomic E-state index is -0.583. The second kappa shape index (κ2) is 6.76. The Balaban J connectivity index is 1.74. The zero-order valence-electron chi connectivity index (χ0n) is 15.2. The molecule has 4 rings (SSSR count). The highest BCUT2D eigenvalue weighted by Gasteiger charge is 2.57. The number of hydrogen-bond acceptors (Lipinski definition) is 4. The smallest absolute Gasteiger partial charge is 0.309 e. The van der Waals surface area contributed by atoms with Gasteiger partial charge in [-0.25, -0.2) is 4.39 Å². The van der Waals surface area contributed by atoms with Crippen LogP contribution in [0.1, 0.15) is 48.8 Å². The summed E-state index contributed by atoms with van der Waals surface area (Å²) in [6.45, 7) is 1.41. The Labute approximate surface area is 153 Å². The van der Waals surface area contributed by atoms with Gasteiger partial charge in [-0.2, -0.15) is 0 Å². The Hall–Kier alpha value is -1.75. The molecule has 0 bridgehead atoms. The Kier molecular flexibility index (Phi) is 4.59. The lowest BCUT2D eigenvalue weighted by molar-refractivity contribution is -0.139. The van der Waals surface area contributed by atoms with E-state index in [-0.39, 0.29) is 29.9 Å². The number of carbonyl (C=O) groups excluding carboxylic acids is 2. The molecule has 26 heavy (non-hydrogen) atoms. The summed E-state index contributed by atoms with van der Waals surface area (Å²) in [6.07, 6.45) is 4.67. The Morgan fingerprint density at radius 2 is 2.00 bits per heavy atom. The molecule has 0 aromatic heterocycles. The molecule has 1 aromatic carbocycles. The van der Waals surface area contributed by atoms with Gasteiger partial charge in [0.2, 0.25) is 0 Å². The molecule has 1 aromatic rings. The normalized spacial score (nSPS) is 24.8. The molecule has 1 saturated carbocycles. The van der Waals surface area contributed by atoms with Gasteiger partial charge in [0.1, 0.15) is 11.6 Å². The van der Waals surface area contributed by atoms with E-state index in [1.54, 1.807) is 6.07 Å². The van der Waals surface area contributed by atoms with Gasteiger partial charge in [-0.15, -0.1) is 0 Å². The average molecular weight is 360 g/mol. The van der Waals surface area contributed by atoms with Crippen LogP contribution in [0.3, 0.4) is 0 Å². The zero-order chi connectivity index (χ0) is 18.3. The van der Waals surface area contributed by atoms with Crippen molar-refractivity contribution in [2.24, 2.45) is 11.8 Å². The van der Waals surface area contributed by atoms with Crippen LogP contribution >= 0.6 is 0 Å². The summed E-state index contributed by atoms with van der Waals surface area (Å²) in [5.74, 6) is -0.0400. The lowest BCUT2D eigenvalue weighted by Crippen LogP contribution is -2.35. The largest absolute Gasteiger partial charge is 0.469 e. The van der Waals surface area contributed by atoms with Gasteiger partial charge in [0.15, 0.2) is 0 Å². The lowest BCUT2D eigenvalue weighted by atomic mass is 9.75. The summed E-state index contributed by atoms with van der Waals surface area (Å²) in [4.78, 5) is 25.4. The summed E-state index contributed by atoms with van der Waals surface area (Å²) in [6, 6.07) is 3.10. The maximum atomic E-state index is 14.7. The van der Waals surface area contributed by atoms with Crippen molar-refractivity contribution in [3.8, 4) is 0 Å². The number of fused-ring (bicyclic) bond motifs is 2. The lowest BCUT2D eigenvalue weighted by Gasteiger charge is -2.30. The molecule has 1 spiro atoms. The first-order valence-corrected chi connectivity index (χ1v) is 9.56. The van der Waals surface area contributed by atoms with E-state index < -0.39 is 5.41 Å². The number of halogens is 1. The second-order valence-corrected chi connectivity index (χ2v) is 7.85. The van der Waals surface area contributed by atoms with E-state index in [1.165, 1.54) is 13.2 Å². The standard InChI is InChI=1S/C21H25FO4/c1-25-18(23)12-14-2-5-17(22)16-4-3-15(13-6-10-26-11-7-13)20(24)21(8-9-21)19(14)16/h2,5,13,15H,3-4,6-12H2,1H3. The minimum Gasteiger partial charge on any atom is -0.469 e. The van der Waals surface area contributed by atoms with Crippen molar-refractivity contribution in [3.05, 3.63) is 34.6 Å². The van der Waals surface area contributed by atoms with E-state index in [0.717, 1.165) is 36.8 Å². The van der Waals surface area contributed by atoms with Crippen molar-refractivity contribution < 1.29 is 23.5 Å². The van der Waals surface area contributed by atoms with Gasteiger partial charge in [0, 0.05) is 19.1 Å². The number of ether oxygens (including phenoxy) is 2. The van der Waals surface area contributed by atoms with Crippen molar-refractivity contribution in [2.75, 3.05) is 20.3 Å². The van der Waals surface area contributed by atoms with Crippen molar-refractivity contribution in [1.29, 1.82) is 0 Å². The third kappa shape index (κ3) is 2.86. The van der Waals surface area contributed by atoms with Crippen LogP contribution in [-0.2, 0) is 37.3 Å². The van der Waals surface area contributed by atoms with Gasteiger partial charge in [-0.3, -0.25) is 9.59 Å². The van der Waals surface area contributed by atoms with Crippen LogP contribution < -0.4 is 0 Å². The van der Waals surface area contributed by atoms with E-state index in [9.17, 15) is 14.0 Å². The van der Waals surface area contributed by atoms with E-state index in [1.807, 2.05) is 0 Å². The van der Waals surface area contributed by atoms with Crippen molar-refractivity contribution in [3.63, 3.8) is 0 Å². The summed E-state index contributed by atoms with van der Waals surface area (Å²) in [5, 5.41) is 0. The molecule has 0 radical (unpaired) electrons. The van der Waals surface area contributed by atoms with Crippen molar-refractivity contribution in [2.45, 2.75) is 50.4 Å². The van der Waals surface area contributed by atoms with Crippen LogP contribution in [0.2, 0.25) is 0 Å². The quantitative estimate of drug-likeness (QED) is 0.777. The molecular formula is C21H25FO4. The van der Waals surface area contributed by atoms with Gasteiger partial charge in [0.25, 0.3) is 0 Å². The molecule has 0 N–H and O–H groups in total. The van der Waals surface area contributed by atoms with E-state index in [2.05, 4.69) is 0 Å². The molecule has 140 valence electrons. The SMILES string of the molecule is COC(=O)Cc1ccc(F)c2c1C1(CC1)C(=O)C(C1CCOCC1)CC2. The van der Waals surface area contributed by atoms with Crippen molar-refractivity contribution >= 4 is 11.8 Å². The number of carbonyl (C=O) groups is 2. The number of methoxy groups -OCH3 is 1. The highest BCUT2D eigenvalue weighted by Crippen LogP contribution is 2.56. The van der Waals surface area contributed by atoms with E-state index in [4.69, 9.17) is 9.47 Å². The maximum Gasteiger partial charge on any atom is 0.309 e. The van der Waals surface area contributed by atoms with E-state index in [0.29, 0.717) is 37.5 Å². The van der Waals surface area contributed by atoms with Gasteiger partial charge in [-0.1, -0.05) is 6.07 Å². The number of rotatable bonds is 3.